The summed E-state index contributed by atoms with van der Waals surface area (Å²) >= 11 is 0. The number of aromatic nitrogens is 4. The zero-order valence-electron chi connectivity index (χ0n) is 11.2. The number of carbonyl (C=O) groups is 1. The van der Waals surface area contributed by atoms with Crippen LogP contribution in [0.4, 0.5) is 5.95 Å². The van der Waals surface area contributed by atoms with Crippen molar-refractivity contribution in [1.82, 2.24) is 19.7 Å². The largest absolute Gasteiger partial charge is 0.289 e. The van der Waals surface area contributed by atoms with Crippen LogP contribution in [0, 0.1) is 0 Å². The van der Waals surface area contributed by atoms with Crippen molar-refractivity contribution >= 4 is 11.9 Å². The molecule has 0 unspecified atom stereocenters. The number of amides is 1. The van der Waals surface area contributed by atoms with E-state index in [1.807, 2.05) is 30.3 Å². The van der Waals surface area contributed by atoms with Crippen LogP contribution < -0.4 is 5.32 Å². The van der Waals surface area contributed by atoms with E-state index < -0.39 is 0 Å². The number of nitrogens with zero attached hydrogens (tertiary/aromatic N) is 4. The average molecular weight is 279 g/mol. The Balaban J connectivity index is 1.67. The molecule has 0 atom stereocenters. The zero-order chi connectivity index (χ0) is 14.5. The smallest absolute Gasteiger partial charge is 0.259 e. The highest BCUT2D eigenvalue weighted by atomic mass is 16.1. The molecular formula is C15H13N5O. The Labute approximate surface area is 121 Å². The molecule has 3 aromatic rings. The lowest BCUT2D eigenvalue weighted by Crippen LogP contribution is -2.13. The molecular weight excluding hydrogens is 266 g/mol. The van der Waals surface area contributed by atoms with Gasteiger partial charge in [-0.1, -0.05) is 30.3 Å². The minimum absolute atomic E-state index is 0.277. The van der Waals surface area contributed by atoms with E-state index in [0.29, 0.717) is 12.1 Å². The Morgan fingerprint density at radius 1 is 1.14 bits per heavy atom. The molecule has 2 aromatic heterocycles. The van der Waals surface area contributed by atoms with Crippen molar-refractivity contribution in [2.45, 2.75) is 6.54 Å². The van der Waals surface area contributed by atoms with Gasteiger partial charge in [-0.05, 0) is 17.7 Å². The second kappa shape index (κ2) is 5.96. The maximum absolute atomic E-state index is 11.9. The van der Waals surface area contributed by atoms with Gasteiger partial charge in [0.15, 0.2) is 0 Å². The molecule has 0 aliphatic heterocycles. The first-order valence-corrected chi connectivity index (χ1v) is 6.46. The van der Waals surface area contributed by atoms with E-state index in [1.54, 1.807) is 29.3 Å². The van der Waals surface area contributed by atoms with Crippen LogP contribution >= 0.6 is 0 Å². The predicted molar refractivity (Wildman–Crippen MR) is 77.8 cm³/mol. The molecule has 0 aliphatic carbocycles. The maximum atomic E-state index is 11.9. The SMILES string of the molecule is O=C(Nc1ncn(Cc2ccccc2)n1)c1cccnc1. The Kier molecular flexibility index (Phi) is 3.68. The van der Waals surface area contributed by atoms with E-state index in [2.05, 4.69) is 20.4 Å². The Morgan fingerprint density at radius 3 is 2.76 bits per heavy atom. The Bertz CT molecular complexity index is 724. The van der Waals surface area contributed by atoms with Gasteiger partial charge in [0.25, 0.3) is 5.91 Å². The molecule has 6 heteroatoms. The second-order valence-corrected chi connectivity index (χ2v) is 4.45. The summed E-state index contributed by atoms with van der Waals surface area (Å²) in [6.45, 7) is 0.608. The number of rotatable bonds is 4. The molecule has 3 rings (SSSR count). The van der Waals surface area contributed by atoms with E-state index >= 15 is 0 Å². The van der Waals surface area contributed by atoms with Crippen molar-refractivity contribution < 1.29 is 4.79 Å². The van der Waals surface area contributed by atoms with Gasteiger partial charge in [0.1, 0.15) is 6.33 Å². The van der Waals surface area contributed by atoms with Crippen LogP contribution in [0.25, 0.3) is 0 Å². The van der Waals surface area contributed by atoms with Gasteiger partial charge < -0.3 is 0 Å². The highest BCUT2D eigenvalue weighted by molar-refractivity contribution is 6.02. The molecule has 0 fully saturated rings. The average Bonchev–Trinajstić information content (AvgIpc) is 2.96. The van der Waals surface area contributed by atoms with Crippen LogP contribution in [0.5, 0.6) is 0 Å². The fraction of sp³-hybridized carbons (Fsp3) is 0.0667. The van der Waals surface area contributed by atoms with Gasteiger partial charge in [0.2, 0.25) is 5.95 Å². The van der Waals surface area contributed by atoms with Gasteiger partial charge in [0, 0.05) is 12.4 Å². The van der Waals surface area contributed by atoms with Gasteiger partial charge in [-0.2, -0.15) is 0 Å². The highest BCUT2D eigenvalue weighted by Crippen LogP contribution is 2.05. The van der Waals surface area contributed by atoms with Gasteiger partial charge >= 0.3 is 0 Å². The van der Waals surface area contributed by atoms with Crippen molar-refractivity contribution in [3.8, 4) is 0 Å². The summed E-state index contributed by atoms with van der Waals surface area (Å²) in [6.07, 6.45) is 4.70. The molecule has 1 aromatic carbocycles. The van der Waals surface area contributed by atoms with Gasteiger partial charge in [-0.3, -0.25) is 15.1 Å². The minimum Gasteiger partial charge on any atom is -0.289 e. The minimum atomic E-state index is -0.277. The van der Waals surface area contributed by atoms with Crippen molar-refractivity contribution in [2.24, 2.45) is 0 Å². The van der Waals surface area contributed by atoms with Crippen LogP contribution in [-0.4, -0.2) is 25.7 Å². The summed E-state index contributed by atoms with van der Waals surface area (Å²) in [6, 6.07) is 13.3. The summed E-state index contributed by atoms with van der Waals surface area (Å²) in [4.78, 5) is 19.9. The summed E-state index contributed by atoms with van der Waals surface area (Å²) < 4.78 is 1.67. The molecule has 0 aliphatic rings. The van der Waals surface area contributed by atoms with E-state index in [4.69, 9.17) is 0 Å². The topological polar surface area (TPSA) is 72.7 Å². The first kappa shape index (κ1) is 13.0. The summed E-state index contributed by atoms with van der Waals surface area (Å²) in [5.41, 5.74) is 1.59. The second-order valence-electron chi connectivity index (χ2n) is 4.45. The molecule has 104 valence electrons. The van der Waals surface area contributed by atoms with E-state index in [9.17, 15) is 4.79 Å². The highest BCUT2D eigenvalue weighted by Gasteiger charge is 2.08. The van der Waals surface area contributed by atoms with Crippen LogP contribution in [0.15, 0.2) is 61.2 Å². The lowest BCUT2D eigenvalue weighted by molar-refractivity contribution is 0.102. The third-order valence-corrected chi connectivity index (χ3v) is 2.87. The van der Waals surface area contributed by atoms with Crippen molar-refractivity contribution in [3.63, 3.8) is 0 Å². The van der Waals surface area contributed by atoms with Crippen LogP contribution in [0.3, 0.4) is 0 Å². The monoisotopic (exact) mass is 279 g/mol. The third-order valence-electron chi connectivity index (χ3n) is 2.87. The summed E-state index contributed by atoms with van der Waals surface area (Å²) in [5, 5.41) is 6.87. The van der Waals surface area contributed by atoms with Gasteiger partial charge in [-0.15, -0.1) is 5.10 Å². The quantitative estimate of drug-likeness (QED) is 0.792. The third kappa shape index (κ3) is 3.30. The Morgan fingerprint density at radius 2 is 2.00 bits per heavy atom. The van der Waals surface area contributed by atoms with Gasteiger partial charge in [-0.25, -0.2) is 9.67 Å². The molecule has 0 saturated carbocycles. The van der Waals surface area contributed by atoms with Crippen molar-refractivity contribution in [1.29, 1.82) is 0 Å². The number of benzene rings is 1. The van der Waals surface area contributed by atoms with Crippen molar-refractivity contribution in [2.75, 3.05) is 5.32 Å². The molecule has 0 saturated heterocycles. The normalized spacial score (nSPS) is 10.3. The van der Waals surface area contributed by atoms with Crippen molar-refractivity contribution in [3.05, 3.63) is 72.3 Å². The molecule has 6 nitrogen and oxygen atoms in total. The number of hydrogen-bond donors (Lipinski definition) is 1. The van der Waals surface area contributed by atoms with Crippen LogP contribution in [0.1, 0.15) is 15.9 Å². The summed E-state index contributed by atoms with van der Waals surface area (Å²) in [7, 11) is 0. The molecule has 21 heavy (non-hydrogen) atoms. The lowest BCUT2D eigenvalue weighted by Gasteiger charge is -2.01. The number of anilines is 1. The number of nitrogens with one attached hydrogen (secondary N) is 1. The predicted octanol–water partition coefficient (Wildman–Crippen LogP) is 1.97. The fourth-order valence-corrected chi connectivity index (χ4v) is 1.87. The standard InChI is InChI=1S/C15H13N5O/c21-14(13-7-4-8-16-9-13)18-15-17-11-20(19-15)10-12-5-2-1-3-6-12/h1-9,11H,10H2,(H,18,19,21). The zero-order valence-corrected chi connectivity index (χ0v) is 11.2. The molecule has 0 spiro atoms. The first-order chi connectivity index (χ1) is 10.3. The van der Waals surface area contributed by atoms with Gasteiger partial charge in [0.05, 0.1) is 12.1 Å². The molecule has 1 amide bonds. The van der Waals surface area contributed by atoms with E-state index in [1.165, 1.54) is 6.20 Å². The van der Waals surface area contributed by atoms with Crippen LogP contribution in [-0.2, 0) is 6.54 Å². The first-order valence-electron chi connectivity index (χ1n) is 6.46. The number of carbonyl (C=O) groups excluding carboxylic acids is 1. The maximum Gasteiger partial charge on any atom is 0.259 e. The van der Waals surface area contributed by atoms with Crippen LogP contribution in [0.2, 0.25) is 0 Å². The molecule has 0 bridgehead atoms. The summed E-state index contributed by atoms with van der Waals surface area (Å²) in [5.74, 6) is 0.000320. The molecule has 0 radical (unpaired) electrons. The molecule has 2 heterocycles. The van der Waals surface area contributed by atoms with E-state index in [-0.39, 0.29) is 11.9 Å². The Hall–Kier alpha value is -3.02. The molecule has 1 N–H and O–H groups in total. The number of hydrogen-bond acceptors (Lipinski definition) is 4. The number of pyridine rings is 1. The van der Waals surface area contributed by atoms with E-state index in [0.717, 1.165) is 5.56 Å². The lowest BCUT2D eigenvalue weighted by atomic mass is 10.2. The fourth-order valence-electron chi connectivity index (χ4n) is 1.87.